The zero-order valence-corrected chi connectivity index (χ0v) is 14.1. The summed E-state index contributed by atoms with van der Waals surface area (Å²) in [4.78, 5) is 27.0. The van der Waals surface area contributed by atoms with Gasteiger partial charge in [0.2, 0.25) is 5.91 Å². The van der Waals surface area contributed by atoms with Gasteiger partial charge in [0.05, 0.1) is 16.9 Å². The molecule has 0 unspecified atom stereocenters. The zero-order chi connectivity index (χ0) is 17.0. The molecule has 0 fully saturated rings. The van der Waals surface area contributed by atoms with Gasteiger partial charge < -0.3 is 10.4 Å². The van der Waals surface area contributed by atoms with Crippen LogP contribution < -0.4 is 5.32 Å². The van der Waals surface area contributed by atoms with Crippen molar-refractivity contribution in [3.8, 4) is 0 Å². The number of amides is 1. The number of nitrogens with zero attached hydrogens (tertiary/aromatic N) is 4. The Morgan fingerprint density at radius 2 is 2.13 bits per heavy atom. The Morgan fingerprint density at radius 3 is 2.70 bits per heavy atom. The third-order valence-electron chi connectivity index (χ3n) is 3.04. The minimum Gasteiger partial charge on any atom is -0.476 e. The summed E-state index contributed by atoms with van der Waals surface area (Å²) in [5.74, 6) is -1.42. The highest BCUT2D eigenvalue weighted by Gasteiger charge is 2.17. The summed E-state index contributed by atoms with van der Waals surface area (Å²) in [6.07, 6.45) is 1.88. The zero-order valence-electron chi connectivity index (χ0n) is 13.2. The lowest BCUT2D eigenvalue weighted by atomic mass is 9.93. The topological polar surface area (TPSA) is 110 Å². The highest BCUT2D eigenvalue weighted by molar-refractivity contribution is 7.09. The summed E-state index contributed by atoms with van der Waals surface area (Å²) in [5.41, 5.74) is 0.885. The van der Waals surface area contributed by atoms with Crippen molar-refractivity contribution in [2.24, 2.45) is 0 Å². The molecule has 2 N–H and O–H groups in total. The summed E-state index contributed by atoms with van der Waals surface area (Å²) < 4.78 is 1.19. The molecule has 0 aliphatic heterocycles. The average Bonchev–Trinajstić information content (AvgIpc) is 3.07. The molecule has 0 aliphatic carbocycles. The van der Waals surface area contributed by atoms with E-state index in [1.807, 2.05) is 5.38 Å². The van der Waals surface area contributed by atoms with Crippen LogP contribution in [0.3, 0.4) is 0 Å². The van der Waals surface area contributed by atoms with Gasteiger partial charge in [0.15, 0.2) is 5.69 Å². The van der Waals surface area contributed by atoms with E-state index in [1.165, 1.54) is 10.9 Å². The third kappa shape index (κ3) is 4.85. The molecule has 8 nitrogen and oxygen atoms in total. The molecule has 1 amide bonds. The van der Waals surface area contributed by atoms with E-state index in [0.29, 0.717) is 13.0 Å². The van der Waals surface area contributed by atoms with Crippen molar-refractivity contribution in [3.63, 3.8) is 0 Å². The van der Waals surface area contributed by atoms with Crippen molar-refractivity contribution in [1.29, 1.82) is 0 Å². The Balaban J connectivity index is 1.78. The van der Waals surface area contributed by atoms with Crippen molar-refractivity contribution in [2.45, 2.75) is 39.2 Å². The van der Waals surface area contributed by atoms with Gasteiger partial charge >= 0.3 is 5.97 Å². The van der Waals surface area contributed by atoms with Gasteiger partial charge in [0.25, 0.3) is 0 Å². The molecule has 0 saturated heterocycles. The van der Waals surface area contributed by atoms with Crippen LogP contribution in [0.5, 0.6) is 0 Å². The summed E-state index contributed by atoms with van der Waals surface area (Å²) in [6, 6.07) is 0. The second kappa shape index (κ2) is 6.86. The first-order chi connectivity index (χ1) is 10.8. The number of rotatable bonds is 6. The molecule has 2 aromatic heterocycles. The Kier molecular flexibility index (Phi) is 5.09. The van der Waals surface area contributed by atoms with Crippen molar-refractivity contribution in [2.75, 3.05) is 6.54 Å². The molecule has 2 heterocycles. The number of carboxylic acid groups (broad SMARTS) is 1. The van der Waals surface area contributed by atoms with E-state index in [4.69, 9.17) is 5.11 Å². The molecule has 0 bridgehead atoms. The molecule has 0 radical (unpaired) electrons. The van der Waals surface area contributed by atoms with E-state index in [-0.39, 0.29) is 23.6 Å². The normalized spacial score (nSPS) is 11.4. The second-order valence-corrected chi connectivity index (χ2v) is 7.03. The minimum absolute atomic E-state index is 0.0208. The lowest BCUT2D eigenvalue weighted by Gasteiger charge is -2.14. The van der Waals surface area contributed by atoms with Gasteiger partial charge in [-0.1, -0.05) is 26.0 Å². The van der Waals surface area contributed by atoms with Gasteiger partial charge in [-0.15, -0.1) is 16.4 Å². The van der Waals surface area contributed by atoms with Crippen molar-refractivity contribution < 1.29 is 14.7 Å². The Bertz CT molecular complexity index is 701. The molecule has 124 valence electrons. The molecular weight excluding hydrogens is 318 g/mol. The quantitative estimate of drug-likeness (QED) is 0.816. The number of carboxylic acids is 1. The van der Waals surface area contributed by atoms with E-state index in [1.54, 1.807) is 11.3 Å². The lowest BCUT2D eigenvalue weighted by molar-refractivity contribution is -0.121. The Hall–Kier alpha value is -2.29. The van der Waals surface area contributed by atoms with Crippen LogP contribution in [0.15, 0.2) is 11.6 Å². The number of carbonyl (C=O) groups is 2. The van der Waals surface area contributed by atoms with Crippen LogP contribution in [0, 0.1) is 0 Å². The molecule has 0 spiro atoms. The number of thiazole rings is 1. The van der Waals surface area contributed by atoms with Gasteiger partial charge in [-0.25, -0.2) is 14.5 Å². The molecular formula is C14H19N5O3S. The summed E-state index contributed by atoms with van der Waals surface area (Å²) in [5, 5.41) is 21.5. The number of hydrogen-bond donors (Lipinski definition) is 2. The summed E-state index contributed by atoms with van der Waals surface area (Å²) in [7, 11) is 0. The van der Waals surface area contributed by atoms with Crippen molar-refractivity contribution in [1.82, 2.24) is 25.3 Å². The van der Waals surface area contributed by atoms with Crippen LogP contribution in [0.4, 0.5) is 0 Å². The Morgan fingerprint density at radius 1 is 1.39 bits per heavy atom. The fraction of sp³-hybridized carbons (Fsp3) is 0.500. The molecule has 9 heteroatoms. The number of nitrogens with one attached hydrogen (secondary N) is 1. The van der Waals surface area contributed by atoms with Crippen LogP contribution in [-0.2, 0) is 23.2 Å². The highest BCUT2D eigenvalue weighted by Crippen LogP contribution is 2.23. The molecule has 23 heavy (non-hydrogen) atoms. The first-order valence-corrected chi connectivity index (χ1v) is 7.98. The molecule has 0 atom stereocenters. The maximum Gasteiger partial charge on any atom is 0.358 e. The van der Waals surface area contributed by atoms with Gasteiger partial charge in [-0.05, 0) is 0 Å². The van der Waals surface area contributed by atoms with E-state index >= 15 is 0 Å². The monoisotopic (exact) mass is 337 g/mol. The van der Waals surface area contributed by atoms with E-state index in [2.05, 4.69) is 41.4 Å². The van der Waals surface area contributed by atoms with Crippen molar-refractivity contribution >= 4 is 23.2 Å². The fourth-order valence-electron chi connectivity index (χ4n) is 1.76. The minimum atomic E-state index is -1.17. The predicted molar refractivity (Wildman–Crippen MR) is 84.5 cm³/mol. The average molecular weight is 337 g/mol. The molecule has 2 aromatic rings. The summed E-state index contributed by atoms with van der Waals surface area (Å²) >= 11 is 1.58. The predicted octanol–water partition coefficient (Wildman–Crippen LogP) is 1.09. The van der Waals surface area contributed by atoms with Gasteiger partial charge in [0.1, 0.15) is 6.54 Å². The maximum absolute atomic E-state index is 11.8. The number of hydrogen-bond acceptors (Lipinski definition) is 6. The smallest absolute Gasteiger partial charge is 0.358 e. The standard InChI is InChI=1S/C14H19N5O3S/c1-14(2,3)10-8-23-12(16-10)4-5-15-11(20)7-19-6-9(13(21)22)17-18-19/h6,8H,4-5,7H2,1-3H3,(H,15,20)(H,21,22). The van der Waals surface area contributed by atoms with Crippen LogP contribution in [0.2, 0.25) is 0 Å². The van der Waals surface area contributed by atoms with Crippen LogP contribution in [0.25, 0.3) is 0 Å². The maximum atomic E-state index is 11.8. The molecule has 2 rings (SSSR count). The van der Waals surface area contributed by atoms with Crippen molar-refractivity contribution in [3.05, 3.63) is 28.0 Å². The first kappa shape index (κ1) is 17.1. The molecule has 0 aliphatic rings. The third-order valence-corrected chi connectivity index (χ3v) is 3.95. The van der Waals surface area contributed by atoms with E-state index < -0.39 is 5.97 Å². The number of carbonyl (C=O) groups excluding carboxylic acids is 1. The van der Waals surface area contributed by atoms with E-state index in [0.717, 1.165) is 10.7 Å². The number of aromatic carboxylic acids is 1. The van der Waals surface area contributed by atoms with Gasteiger partial charge in [-0.3, -0.25) is 4.79 Å². The second-order valence-electron chi connectivity index (χ2n) is 6.08. The Labute approximate surface area is 137 Å². The van der Waals surface area contributed by atoms with Crippen LogP contribution >= 0.6 is 11.3 Å². The van der Waals surface area contributed by atoms with Crippen LogP contribution in [-0.4, -0.2) is 43.5 Å². The van der Waals surface area contributed by atoms with Gasteiger partial charge in [-0.2, -0.15) is 0 Å². The van der Waals surface area contributed by atoms with Crippen LogP contribution in [0.1, 0.15) is 42.0 Å². The first-order valence-electron chi connectivity index (χ1n) is 7.10. The van der Waals surface area contributed by atoms with E-state index in [9.17, 15) is 9.59 Å². The SMILES string of the molecule is CC(C)(C)c1csc(CCNC(=O)Cn2cc(C(=O)O)nn2)n1. The fourth-order valence-corrected chi connectivity index (χ4v) is 2.78. The molecule has 0 aromatic carbocycles. The van der Waals surface area contributed by atoms with Gasteiger partial charge in [0, 0.05) is 23.8 Å². The largest absolute Gasteiger partial charge is 0.476 e. The highest BCUT2D eigenvalue weighted by atomic mass is 32.1. The molecule has 0 saturated carbocycles. The summed E-state index contributed by atoms with van der Waals surface area (Å²) in [6.45, 7) is 6.73. The number of aromatic nitrogens is 4. The lowest BCUT2D eigenvalue weighted by Crippen LogP contribution is -2.29.